The van der Waals surface area contributed by atoms with Gasteiger partial charge in [0.15, 0.2) is 0 Å². The Morgan fingerprint density at radius 2 is 2.05 bits per heavy atom. The van der Waals surface area contributed by atoms with Crippen molar-refractivity contribution < 1.29 is 13.3 Å². The summed E-state index contributed by atoms with van der Waals surface area (Å²) < 4.78 is 25.3. The van der Waals surface area contributed by atoms with E-state index in [9.17, 15) is 18.5 Å². The quantitative estimate of drug-likeness (QED) is 0.590. The lowest BCUT2D eigenvalue weighted by molar-refractivity contribution is -0.384. The monoisotopic (exact) mass is 321 g/mol. The van der Waals surface area contributed by atoms with E-state index in [1.54, 1.807) is 13.8 Å². The van der Waals surface area contributed by atoms with Crippen LogP contribution in [0.25, 0.3) is 0 Å². The van der Waals surface area contributed by atoms with Crippen molar-refractivity contribution in [3.05, 3.63) is 32.8 Å². The van der Waals surface area contributed by atoms with E-state index in [0.717, 1.165) is 0 Å². The minimum Gasteiger partial charge on any atom is -0.384 e. The van der Waals surface area contributed by atoms with Crippen molar-refractivity contribution >= 4 is 33.0 Å². The van der Waals surface area contributed by atoms with E-state index in [1.807, 2.05) is 0 Å². The summed E-state index contributed by atoms with van der Waals surface area (Å²) in [5.41, 5.74) is 1.03. The third-order valence-electron chi connectivity index (χ3n) is 2.54. The fraction of sp³-hybridized carbons (Fsp3) is 0.455. The van der Waals surface area contributed by atoms with Gasteiger partial charge >= 0.3 is 0 Å². The van der Waals surface area contributed by atoms with Gasteiger partial charge < -0.3 is 5.32 Å². The van der Waals surface area contributed by atoms with E-state index in [4.69, 9.17) is 11.6 Å². The second-order valence-corrected chi connectivity index (χ2v) is 6.45. The first-order valence-electron chi connectivity index (χ1n) is 5.92. The van der Waals surface area contributed by atoms with Gasteiger partial charge in [0.2, 0.25) is 10.0 Å². The molecule has 2 N–H and O–H groups in total. The number of benzene rings is 1. The van der Waals surface area contributed by atoms with Crippen LogP contribution < -0.4 is 10.0 Å². The Kier molecular flexibility index (Phi) is 5.73. The molecule has 0 aliphatic rings. The summed E-state index contributed by atoms with van der Waals surface area (Å²) >= 11 is 5.80. The molecule has 0 amide bonds. The van der Waals surface area contributed by atoms with Crippen LogP contribution in [0.3, 0.4) is 0 Å². The van der Waals surface area contributed by atoms with Crippen molar-refractivity contribution in [1.82, 2.24) is 4.72 Å². The van der Waals surface area contributed by atoms with Gasteiger partial charge in [-0.05, 0) is 18.6 Å². The number of halogens is 1. The minimum atomic E-state index is -3.30. The molecule has 20 heavy (non-hydrogen) atoms. The van der Waals surface area contributed by atoms with E-state index >= 15 is 0 Å². The highest BCUT2D eigenvalue weighted by atomic mass is 35.5. The predicted molar refractivity (Wildman–Crippen MR) is 78.8 cm³/mol. The minimum absolute atomic E-state index is 0.0117. The van der Waals surface area contributed by atoms with Gasteiger partial charge in [-0.2, -0.15) is 0 Å². The average Bonchev–Trinajstić information content (AvgIpc) is 2.32. The van der Waals surface area contributed by atoms with Gasteiger partial charge in [-0.15, -0.1) is 0 Å². The molecule has 0 aliphatic heterocycles. The van der Waals surface area contributed by atoms with Crippen LogP contribution in [0.4, 0.5) is 11.4 Å². The van der Waals surface area contributed by atoms with Gasteiger partial charge in [0.25, 0.3) is 5.69 Å². The Balaban J connectivity index is 2.75. The van der Waals surface area contributed by atoms with Gasteiger partial charge in [0.05, 0.1) is 10.7 Å². The second-order valence-electron chi connectivity index (χ2n) is 4.12. The zero-order valence-electron chi connectivity index (χ0n) is 11.1. The number of hydrogen-bond donors (Lipinski definition) is 2. The van der Waals surface area contributed by atoms with Crippen LogP contribution in [-0.4, -0.2) is 32.2 Å². The van der Waals surface area contributed by atoms with Crippen LogP contribution in [0.5, 0.6) is 0 Å². The number of nitrogens with one attached hydrogen (secondary N) is 2. The fourth-order valence-electron chi connectivity index (χ4n) is 1.61. The largest absolute Gasteiger partial charge is 0.384 e. The SMILES string of the molecule is CCNS(=O)(=O)CCNc1cc(Cl)c([N+](=O)[O-])cc1C. The number of sulfonamides is 1. The smallest absolute Gasteiger partial charge is 0.288 e. The van der Waals surface area contributed by atoms with Gasteiger partial charge in [-0.3, -0.25) is 10.1 Å². The average molecular weight is 322 g/mol. The summed E-state index contributed by atoms with van der Waals surface area (Å²) in [5, 5.41) is 13.6. The molecule has 0 heterocycles. The summed E-state index contributed by atoms with van der Waals surface area (Å²) in [4.78, 5) is 10.2. The molecule has 0 saturated heterocycles. The van der Waals surface area contributed by atoms with Crippen molar-refractivity contribution in [3.63, 3.8) is 0 Å². The molecule has 1 aromatic carbocycles. The third-order valence-corrected chi connectivity index (χ3v) is 4.31. The van der Waals surface area contributed by atoms with E-state index in [0.29, 0.717) is 17.8 Å². The van der Waals surface area contributed by atoms with Crippen molar-refractivity contribution in [2.75, 3.05) is 24.2 Å². The first-order valence-corrected chi connectivity index (χ1v) is 7.95. The molecule has 9 heteroatoms. The zero-order chi connectivity index (χ0) is 15.3. The second kappa shape index (κ2) is 6.87. The summed E-state index contributed by atoms with van der Waals surface area (Å²) in [5.74, 6) is -0.0884. The third kappa shape index (κ3) is 4.62. The normalized spacial score (nSPS) is 11.3. The molecular formula is C11H16ClN3O4S. The number of nitro groups is 1. The molecule has 0 unspecified atom stereocenters. The molecule has 7 nitrogen and oxygen atoms in total. The molecule has 112 valence electrons. The van der Waals surface area contributed by atoms with Crippen LogP contribution in [-0.2, 0) is 10.0 Å². The predicted octanol–water partition coefficient (Wildman–Crippen LogP) is 1.91. The molecule has 0 saturated carbocycles. The number of rotatable bonds is 7. The highest BCUT2D eigenvalue weighted by Crippen LogP contribution is 2.30. The summed E-state index contributed by atoms with van der Waals surface area (Å²) in [6, 6.07) is 2.78. The van der Waals surface area contributed by atoms with Gasteiger partial charge in [0.1, 0.15) is 5.02 Å². The maximum absolute atomic E-state index is 11.4. The standard InChI is InChI=1S/C11H16ClN3O4S/c1-3-14-20(18,19)5-4-13-10-7-9(12)11(15(16)17)6-8(10)2/h6-7,13-14H,3-5H2,1-2H3. The maximum atomic E-state index is 11.4. The summed E-state index contributed by atoms with van der Waals surface area (Å²) in [6.45, 7) is 3.91. The molecule has 1 rings (SSSR count). The van der Waals surface area contributed by atoms with Crippen LogP contribution >= 0.6 is 11.6 Å². The maximum Gasteiger partial charge on any atom is 0.288 e. The van der Waals surface area contributed by atoms with Crippen molar-refractivity contribution in [2.45, 2.75) is 13.8 Å². The Morgan fingerprint density at radius 1 is 1.40 bits per heavy atom. The van der Waals surface area contributed by atoms with Crippen LogP contribution in [0.1, 0.15) is 12.5 Å². The molecule has 0 fully saturated rings. The first-order chi connectivity index (χ1) is 9.26. The zero-order valence-corrected chi connectivity index (χ0v) is 12.7. The number of anilines is 1. The van der Waals surface area contributed by atoms with Crippen LogP contribution in [0.2, 0.25) is 5.02 Å². The molecular weight excluding hydrogens is 306 g/mol. The van der Waals surface area contributed by atoms with Crippen LogP contribution in [0, 0.1) is 17.0 Å². The molecule has 0 bridgehead atoms. The van der Waals surface area contributed by atoms with E-state index in [-0.39, 0.29) is 23.0 Å². The Morgan fingerprint density at radius 3 is 2.60 bits per heavy atom. The van der Waals surface area contributed by atoms with E-state index < -0.39 is 14.9 Å². The number of hydrogen-bond acceptors (Lipinski definition) is 5. The van der Waals surface area contributed by atoms with E-state index in [2.05, 4.69) is 10.0 Å². The highest BCUT2D eigenvalue weighted by Gasteiger charge is 2.15. The molecule has 1 aromatic rings. The lowest BCUT2D eigenvalue weighted by Gasteiger charge is -2.10. The molecule has 0 aromatic heterocycles. The Labute approximate surface area is 122 Å². The van der Waals surface area contributed by atoms with Crippen LogP contribution in [0.15, 0.2) is 12.1 Å². The number of aryl methyl sites for hydroxylation is 1. The van der Waals surface area contributed by atoms with Crippen molar-refractivity contribution in [1.29, 1.82) is 0 Å². The number of nitro benzene ring substituents is 1. The number of nitrogens with zero attached hydrogens (tertiary/aromatic N) is 1. The molecule has 0 spiro atoms. The fourth-order valence-corrected chi connectivity index (χ4v) is 2.80. The topological polar surface area (TPSA) is 101 Å². The van der Waals surface area contributed by atoms with Gasteiger partial charge in [0, 0.05) is 24.8 Å². The first kappa shape index (κ1) is 16.7. The van der Waals surface area contributed by atoms with E-state index in [1.165, 1.54) is 12.1 Å². The Bertz CT molecular complexity index is 604. The lowest BCUT2D eigenvalue weighted by atomic mass is 10.2. The summed E-state index contributed by atoms with van der Waals surface area (Å²) in [7, 11) is -3.30. The molecule has 0 atom stereocenters. The van der Waals surface area contributed by atoms with Crippen molar-refractivity contribution in [2.24, 2.45) is 0 Å². The van der Waals surface area contributed by atoms with Gasteiger partial charge in [-0.1, -0.05) is 18.5 Å². The Hall–Kier alpha value is -1.38. The highest BCUT2D eigenvalue weighted by molar-refractivity contribution is 7.89. The van der Waals surface area contributed by atoms with Gasteiger partial charge in [-0.25, -0.2) is 13.1 Å². The lowest BCUT2D eigenvalue weighted by Crippen LogP contribution is -2.29. The summed E-state index contributed by atoms with van der Waals surface area (Å²) in [6.07, 6.45) is 0. The molecule has 0 radical (unpaired) electrons. The molecule has 0 aliphatic carbocycles. The van der Waals surface area contributed by atoms with Crippen molar-refractivity contribution in [3.8, 4) is 0 Å².